The Bertz CT molecular complexity index is 3590. The van der Waals surface area contributed by atoms with Gasteiger partial charge in [0.15, 0.2) is 5.75 Å². The number of rotatable bonds is 24. The average molecular weight is 1070 g/mol. The summed E-state index contributed by atoms with van der Waals surface area (Å²) in [6.07, 6.45) is 1.66. The van der Waals surface area contributed by atoms with E-state index in [0.717, 1.165) is 11.0 Å². The van der Waals surface area contributed by atoms with Gasteiger partial charge in [-0.1, -0.05) is 38.1 Å². The summed E-state index contributed by atoms with van der Waals surface area (Å²) in [5.74, 6) is -0.953. The van der Waals surface area contributed by atoms with Crippen molar-refractivity contribution in [1.29, 1.82) is 0 Å². The van der Waals surface area contributed by atoms with Crippen LogP contribution in [0.15, 0.2) is 110 Å². The zero-order valence-corrected chi connectivity index (χ0v) is 44.8. The number of ether oxygens (including phenoxy) is 3. The molecule has 408 valence electrons. The number of aryl methyl sites for hydroxylation is 1. The Morgan fingerprint density at radius 2 is 1.54 bits per heavy atom. The molecule has 1 atom stereocenters. The number of hydrogen-bond acceptors (Lipinski definition) is 17. The highest BCUT2D eigenvalue weighted by molar-refractivity contribution is 6.09. The number of aromatic nitrogens is 3. The van der Waals surface area contributed by atoms with Crippen molar-refractivity contribution in [1.82, 2.24) is 30.2 Å². The van der Waals surface area contributed by atoms with Gasteiger partial charge in [0.2, 0.25) is 5.36 Å². The topological polar surface area (TPSA) is 268 Å². The smallest absolute Gasteiger partial charge is 0.255 e. The SMILES string of the molecule is Cc1ccc(C(Nc2c(Nc3cccc(C(=O)NCc4cn(CCOCCOCCOCCNC(=O)c5ccc(C(=O)[O-])c(-c6c7ccc(=[N+](C)C)cc-7oc7cc(N(C)C)ccc67)c5)nn4)c3O)c(=O)c2=O)C(C)(C)C)o1. The second-order valence-electron chi connectivity index (χ2n) is 20.1. The quantitative estimate of drug-likeness (QED) is 0.0179. The molecule has 3 heterocycles. The lowest BCUT2D eigenvalue weighted by atomic mass is 9.85. The van der Waals surface area contributed by atoms with Crippen LogP contribution in [0.4, 0.5) is 22.7 Å². The number of hydrogen-bond donors (Lipinski definition) is 5. The second-order valence-corrected chi connectivity index (χ2v) is 20.1. The maximum absolute atomic E-state index is 13.4. The van der Waals surface area contributed by atoms with Crippen molar-refractivity contribution in [2.45, 2.75) is 46.8 Å². The van der Waals surface area contributed by atoms with E-state index in [1.807, 2.05) is 114 Å². The van der Waals surface area contributed by atoms with Crippen molar-refractivity contribution in [2.24, 2.45) is 5.41 Å². The van der Waals surface area contributed by atoms with Gasteiger partial charge in [-0.25, -0.2) is 9.26 Å². The summed E-state index contributed by atoms with van der Waals surface area (Å²) in [4.78, 5) is 66.5. The number of aromatic hydroxyl groups is 1. The third-order valence-electron chi connectivity index (χ3n) is 12.9. The lowest BCUT2D eigenvalue weighted by molar-refractivity contribution is -0.254. The zero-order valence-electron chi connectivity index (χ0n) is 44.8. The number of fused-ring (bicyclic) bond motifs is 2. The van der Waals surface area contributed by atoms with E-state index in [1.54, 1.807) is 16.9 Å². The number of carboxylic acid groups (broad SMARTS) is 1. The number of nitrogens with one attached hydrogen (secondary N) is 4. The molecule has 8 rings (SSSR count). The minimum atomic E-state index is -1.38. The number of furan rings is 1. The van der Waals surface area contributed by atoms with E-state index in [4.69, 9.17) is 23.0 Å². The predicted octanol–water partition coefficient (Wildman–Crippen LogP) is 4.81. The molecule has 2 amide bonds. The molecular weight excluding hydrogens is 1000 g/mol. The molecule has 1 aliphatic carbocycles. The highest BCUT2D eigenvalue weighted by atomic mass is 16.5. The number of phenolic OH excluding ortho intramolecular Hbond substituents is 1. The molecule has 78 heavy (non-hydrogen) atoms. The fraction of sp³-hybridized carbons (Fsp3) is 0.333. The predicted molar refractivity (Wildman–Crippen MR) is 292 cm³/mol. The Kier molecular flexibility index (Phi) is 17.2. The molecule has 0 radical (unpaired) electrons. The van der Waals surface area contributed by atoms with Gasteiger partial charge in [0, 0.05) is 66.1 Å². The summed E-state index contributed by atoms with van der Waals surface area (Å²) in [6, 6.07) is 23.5. The Labute approximate surface area is 449 Å². The third kappa shape index (κ3) is 12.8. The molecule has 21 nitrogen and oxygen atoms in total. The van der Waals surface area contributed by atoms with Gasteiger partial charge in [0.05, 0.1) is 88.3 Å². The monoisotopic (exact) mass is 1070 g/mol. The highest BCUT2D eigenvalue weighted by Gasteiger charge is 2.33. The minimum Gasteiger partial charge on any atom is -0.545 e. The molecule has 2 aliphatic rings. The maximum atomic E-state index is 13.4. The summed E-state index contributed by atoms with van der Waals surface area (Å²) in [6.45, 7) is 10.0. The van der Waals surface area contributed by atoms with E-state index >= 15 is 0 Å². The van der Waals surface area contributed by atoms with Crippen molar-refractivity contribution in [2.75, 3.05) is 89.9 Å². The molecule has 2 aromatic heterocycles. The Hall–Kier alpha value is -8.66. The number of nitrogens with zero attached hydrogens (tertiary/aromatic N) is 5. The lowest BCUT2D eigenvalue weighted by Crippen LogP contribution is -2.39. The summed E-state index contributed by atoms with van der Waals surface area (Å²) in [5.41, 5.74) is 1.84. The van der Waals surface area contributed by atoms with Crippen LogP contribution in [0.2, 0.25) is 0 Å². The van der Waals surface area contributed by atoms with E-state index in [0.29, 0.717) is 83.6 Å². The van der Waals surface area contributed by atoms with Crippen molar-refractivity contribution in [3.05, 3.63) is 151 Å². The van der Waals surface area contributed by atoms with Crippen molar-refractivity contribution in [3.63, 3.8) is 0 Å². The third-order valence-corrected chi connectivity index (χ3v) is 12.9. The number of para-hydroxylation sites is 1. The van der Waals surface area contributed by atoms with Crippen LogP contribution in [-0.4, -0.2) is 112 Å². The molecule has 0 saturated heterocycles. The van der Waals surface area contributed by atoms with Gasteiger partial charge in [0.1, 0.15) is 54.0 Å². The van der Waals surface area contributed by atoms with Crippen molar-refractivity contribution in [3.8, 4) is 28.2 Å². The molecule has 5 N–H and O–H groups in total. The molecular formula is C57H63N9O12. The van der Waals surface area contributed by atoms with Gasteiger partial charge < -0.3 is 64.2 Å². The number of phenols is 1. The first-order valence-corrected chi connectivity index (χ1v) is 25.3. The van der Waals surface area contributed by atoms with Gasteiger partial charge in [-0.3, -0.25) is 19.2 Å². The van der Waals surface area contributed by atoms with Gasteiger partial charge >= 0.3 is 0 Å². The Balaban J connectivity index is 0.741. The van der Waals surface area contributed by atoms with E-state index in [-0.39, 0.29) is 60.1 Å². The fourth-order valence-electron chi connectivity index (χ4n) is 8.70. The second kappa shape index (κ2) is 24.1. The molecule has 1 aliphatic heterocycles. The van der Waals surface area contributed by atoms with Gasteiger partial charge in [-0.05, 0) is 72.5 Å². The Morgan fingerprint density at radius 1 is 0.808 bits per heavy atom. The number of carboxylic acids is 1. The van der Waals surface area contributed by atoms with Gasteiger partial charge in [-0.2, -0.15) is 0 Å². The molecule has 21 heteroatoms. The number of carbonyl (C=O) groups excluding carboxylic acids is 3. The molecule has 0 fully saturated rings. The van der Waals surface area contributed by atoms with Crippen molar-refractivity contribution < 1.29 is 47.6 Å². The normalized spacial score (nSPS) is 12.0. The van der Waals surface area contributed by atoms with E-state index < -0.39 is 45.8 Å². The van der Waals surface area contributed by atoms with E-state index in [9.17, 15) is 34.2 Å². The summed E-state index contributed by atoms with van der Waals surface area (Å²) < 4.78 is 32.7. The van der Waals surface area contributed by atoms with Crippen LogP contribution in [0.3, 0.4) is 0 Å². The largest absolute Gasteiger partial charge is 0.545 e. The first-order chi connectivity index (χ1) is 37.3. The average Bonchev–Trinajstić information content (AvgIpc) is 4.15. The number of carbonyl (C=O) groups is 3. The number of benzene rings is 4. The highest BCUT2D eigenvalue weighted by Crippen LogP contribution is 2.43. The summed E-state index contributed by atoms with van der Waals surface area (Å²) in [5, 5.41) is 45.0. The fourth-order valence-corrected chi connectivity index (χ4v) is 8.70. The maximum Gasteiger partial charge on any atom is 0.255 e. The first kappa shape index (κ1) is 55.6. The van der Waals surface area contributed by atoms with Crippen LogP contribution in [0, 0.1) is 12.3 Å². The van der Waals surface area contributed by atoms with Crippen LogP contribution in [0.5, 0.6) is 5.75 Å². The first-order valence-electron chi connectivity index (χ1n) is 25.3. The molecule has 6 aromatic rings. The van der Waals surface area contributed by atoms with Crippen LogP contribution in [0.25, 0.3) is 33.4 Å². The minimum absolute atomic E-state index is 0.00559. The van der Waals surface area contributed by atoms with Crippen LogP contribution in [0.1, 0.15) is 75.1 Å². The lowest BCUT2D eigenvalue weighted by Gasteiger charge is -2.31. The summed E-state index contributed by atoms with van der Waals surface area (Å²) in [7, 11) is 7.68. The van der Waals surface area contributed by atoms with E-state index in [2.05, 4.69) is 31.6 Å². The van der Waals surface area contributed by atoms with Gasteiger partial charge in [0.25, 0.3) is 22.7 Å². The zero-order chi connectivity index (χ0) is 55.8. The molecule has 0 bridgehead atoms. The molecule has 4 aromatic carbocycles. The Morgan fingerprint density at radius 3 is 2.23 bits per heavy atom. The summed E-state index contributed by atoms with van der Waals surface area (Å²) >= 11 is 0. The number of amides is 2. The van der Waals surface area contributed by atoms with Crippen LogP contribution >= 0.6 is 0 Å². The van der Waals surface area contributed by atoms with Crippen LogP contribution in [-0.2, 0) is 27.3 Å². The van der Waals surface area contributed by atoms with E-state index in [1.165, 1.54) is 30.3 Å². The van der Waals surface area contributed by atoms with Crippen molar-refractivity contribution >= 4 is 51.5 Å². The standard InChI is InChI=1S/C57H63N9O12/c1-33-12-19-44(77-33)53(57(2,3)4)61-49-48(51(68)52(49)69)60-43-11-9-10-41(50(43)67)55(71)59-31-35-32-66(63-62-35)21-23-75-25-27-76-26-24-74-22-20-58-54(70)34-13-16-38(56(72)73)42(28-34)47-39-17-14-36(64(5)6)29-45(39)78-46-30-37(65(7)8)15-18-40(46)47/h9-19,28-30,32,53H,20-27,31H2,1-8H3,(H5-,58,59,60,61,62,63,67,68,69,70,71,72,73). The van der Waals surface area contributed by atoms with Crippen LogP contribution < -0.4 is 52.1 Å². The number of anilines is 4. The van der Waals surface area contributed by atoms with Gasteiger partial charge in [-0.15, -0.1) is 5.10 Å². The molecule has 0 spiro atoms. The number of aromatic carboxylic acids is 1. The molecule has 1 unspecified atom stereocenters. The molecule has 0 saturated carbocycles.